The molecule has 1 aliphatic rings. The van der Waals surface area contributed by atoms with Crippen LogP contribution in [0.15, 0.2) is 23.2 Å². The molecule has 0 fully saturated rings. The van der Waals surface area contributed by atoms with Crippen LogP contribution in [0.4, 0.5) is 5.69 Å². The fourth-order valence-electron chi connectivity index (χ4n) is 2.66. The van der Waals surface area contributed by atoms with Gasteiger partial charge in [-0.3, -0.25) is 9.79 Å². The average Bonchev–Trinajstić information content (AvgIpc) is 3.00. The molecule has 25 heavy (non-hydrogen) atoms. The molecule has 1 aromatic heterocycles. The molecule has 2 aromatic rings. The lowest BCUT2D eigenvalue weighted by Crippen LogP contribution is -2.17. The van der Waals surface area contributed by atoms with E-state index in [4.69, 9.17) is 22.1 Å². The highest BCUT2D eigenvalue weighted by Gasteiger charge is 2.20. The van der Waals surface area contributed by atoms with Crippen LogP contribution in [0.5, 0.6) is 0 Å². The Labute approximate surface area is 149 Å². The smallest absolute Gasteiger partial charge is 0.274 e. The van der Waals surface area contributed by atoms with Gasteiger partial charge in [-0.1, -0.05) is 17.7 Å². The second kappa shape index (κ2) is 6.35. The molecule has 7 heteroatoms. The number of nitrogens with zero attached hydrogens (tertiary/aromatic N) is 4. The van der Waals surface area contributed by atoms with Crippen molar-refractivity contribution >= 4 is 28.9 Å². The SMILES string of the molecule is Cc1c(C(=O)Nc2ccc3c(c2)C(C#N)=NC3)nc(Cl)c(C#N)c1C. The monoisotopic (exact) mass is 349 g/mol. The van der Waals surface area contributed by atoms with Gasteiger partial charge in [-0.25, -0.2) is 4.98 Å². The van der Waals surface area contributed by atoms with Crippen LogP contribution in [0.1, 0.15) is 38.3 Å². The number of aliphatic imine (C=N–C) groups is 1. The lowest BCUT2D eigenvalue weighted by molar-refractivity contribution is 0.102. The summed E-state index contributed by atoms with van der Waals surface area (Å²) >= 11 is 6.00. The summed E-state index contributed by atoms with van der Waals surface area (Å²) in [7, 11) is 0. The molecule has 1 aliphatic heterocycles. The molecule has 0 saturated carbocycles. The van der Waals surface area contributed by atoms with Gasteiger partial charge in [-0.2, -0.15) is 10.5 Å². The van der Waals surface area contributed by atoms with E-state index in [2.05, 4.69) is 15.3 Å². The number of amides is 1. The van der Waals surface area contributed by atoms with Gasteiger partial charge in [0.25, 0.3) is 5.91 Å². The number of pyridine rings is 1. The summed E-state index contributed by atoms with van der Waals surface area (Å²) in [5, 5.41) is 21.0. The van der Waals surface area contributed by atoms with Crippen LogP contribution >= 0.6 is 11.6 Å². The van der Waals surface area contributed by atoms with Gasteiger partial charge in [-0.05, 0) is 42.7 Å². The number of fused-ring (bicyclic) bond motifs is 1. The first-order valence-electron chi connectivity index (χ1n) is 7.42. The minimum atomic E-state index is -0.430. The summed E-state index contributed by atoms with van der Waals surface area (Å²) in [4.78, 5) is 20.8. The number of hydrogen-bond donors (Lipinski definition) is 1. The third-order valence-electron chi connectivity index (χ3n) is 4.17. The van der Waals surface area contributed by atoms with Crippen molar-refractivity contribution in [1.82, 2.24) is 4.98 Å². The van der Waals surface area contributed by atoms with Gasteiger partial charge in [-0.15, -0.1) is 0 Å². The molecule has 1 N–H and O–H groups in total. The van der Waals surface area contributed by atoms with Gasteiger partial charge < -0.3 is 5.32 Å². The Morgan fingerprint density at radius 3 is 2.68 bits per heavy atom. The molecule has 0 atom stereocenters. The molecule has 0 spiro atoms. The number of halogens is 1. The Morgan fingerprint density at radius 2 is 2.00 bits per heavy atom. The predicted molar refractivity (Wildman–Crippen MR) is 93.7 cm³/mol. The fourth-order valence-corrected chi connectivity index (χ4v) is 2.93. The lowest BCUT2D eigenvalue weighted by Gasteiger charge is -2.12. The summed E-state index contributed by atoms with van der Waals surface area (Å²) in [5.74, 6) is -0.430. The summed E-state index contributed by atoms with van der Waals surface area (Å²) in [6.45, 7) is 3.92. The number of carbonyl (C=O) groups is 1. The Bertz CT molecular complexity index is 1030. The standard InChI is InChI=1S/C18H12ClN5O/c1-9-10(2)16(24-17(19)14(9)6-20)18(25)23-12-4-3-11-8-22-15(7-21)13(11)5-12/h3-5H,8H2,1-2H3,(H,23,25). The topological polar surface area (TPSA) is 102 Å². The highest BCUT2D eigenvalue weighted by molar-refractivity contribution is 6.31. The number of anilines is 1. The van der Waals surface area contributed by atoms with Crippen molar-refractivity contribution in [2.75, 3.05) is 5.32 Å². The van der Waals surface area contributed by atoms with E-state index in [1.165, 1.54) is 0 Å². The molecule has 0 bridgehead atoms. The van der Waals surface area contributed by atoms with E-state index in [-0.39, 0.29) is 16.4 Å². The van der Waals surface area contributed by atoms with Crippen LogP contribution in [0.2, 0.25) is 5.15 Å². The number of nitrogens with one attached hydrogen (secondary N) is 1. The van der Waals surface area contributed by atoms with Crippen molar-refractivity contribution in [2.24, 2.45) is 4.99 Å². The Kier molecular flexibility index (Phi) is 4.22. The van der Waals surface area contributed by atoms with E-state index in [0.717, 1.165) is 11.1 Å². The van der Waals surface area contributed by atoms with Crippen molar-refractivity contribution in [2.45, 2.75) is 20.4 Å². The minimum Gasteiger partial charge on any atom is -0.321 e. The maximum absolute atomic E-state index is 12.6. The third-order valence-corrected chi connectivity index (χ3v) is 4.45. The molecule has 0 aliphatic carbocycles. The average molecular weight is 350 g/mol. The van der Waals surface area contributed by atoms with E-state index in [0.29, 0.717) is 29.1 Å². The van der Waals surface area contributed by atoms with E-state index >= 15 is 0 Å². The highest BCUT2D eigenvalue weighted by atomic mass is 35.5. The third kappa shape index (κ3) is 2.84. The van der Waals surface area contributed by atoms with Gasteiger partial charge in [0.2, 0.25) is 0 Å². The molecule has 2 heterocycles. The molecule has 122 valence electrons. The number of rotatable bonds is 2. The number of hydrogen-bond acceptors (Lipinski definition) is 5. The highest BCUT2D eigenvalue weighted by Crippen LogP contribution is 2.25. The molecule has 0 unspecified atom stereocenters. The van der Waals surface area contributed by atoms with Crippen LogP contribution in [0.25, 0.3) is 0 Å². The quantitative estimate of drug-likeness (QED) is 0.840. The first kappa shape index (κ1) is 16.6. The molecule has 1 amide bonds. The Balaban J connectivity index is 1.94. The van der Waals surface area contributed by atoms with E-state index in [9.17, 15) is 4.79 Å². The van der Waals surface area contributed by atoms with Crippen molar-refractivity contribution in [3.63, 3.8) is 0 Å². The van der Waals surface area contributed by atoms with Crippen LogP contribution in [-0.4, -0.2) is 16.6 Å². The van der Waals surface area contributed by atoms with Crippen molar-refractivity contribution < 1.29 is 4.79 Å². The maximum Gasteiger partial charge on any atom is 0.274 e. The summed E-state index contributed by atoms with van der Waals surface area (Å²) in [5.41, 5.74) is 4.21. The maximum atomic E-state index is 12.6. The van der Waals surface area contributed by atoms with Crippen LogP contribution < -0.4 is 5.32 Å². The number of benzene rings is 1. The molecule has 6 nitrogen and oxygen atoms in total. The van der Waals surface area contributed by atoms with E-state index in [1.807, 2.05) is 18.2 Å². The molecule has 0 saturated heterocycles. The summed E-state index contributed by atoms with van der Waals surface area (Å²) < 4.78 is 0. The second-order valence-electron chi connectivity index (χ2n) is 5.59. The molecule has 0 radical (unpaired) electrons. The van der Waals surface area contributed by atoms with E-state index < -0.39 is 5.91 Å². The number of nitriles is 2. The predicted octanol–water partition coefficient (Wildman–Crippen LogP) is 3.30. The van der Waals surface area contributed by atoms with Crippen molar-refractivity contribution in [3.05, 3.63) is 56.9 Å². The Morgan fingerprint density at radius 1 is 1.24 bits per heavy atom. The van der Waals surface area contributed by atoms with E-state index in [1.54, 1.807) is 26.0 Å². The minimum absolute atomic E-state index is 0.00334. The number of aromatic nitrogens is 1. The Hall–Kier alpha value is -3.22. The van der Waals surface area contributed by atoms with Crippen molar-refractivity contribution in [3.8, 4) is 12.1 Å². The van der Waals surface area contributed by atoms with Gasteiger partial charge >= 0.3 is 0 Å². The van der Waals surface area contributed by atoms with Gasteiger partial charge in [0, 0.05) is 11.3 Å². The van der Waals surface area contributed by atoms with Crippen LogP contribution in [0, 0.1) is 36.5 Å². The largest absolute Gasteiger partial charge is 0.321 e. The fraction of sp³-hybridized carbons (Fsp3) is 0.167. The van der Waals surface area contributed by atoms with Gasteiger partial charge in [0.15, 0.2) is 0 Å². The van der Waals surface area contributed by atoms with Gasteiger partial charge in [0.1, 0.15) is 28.7 Å². The number of carbonyl (C=O) groups excluding carboxylic acids is 1. The normalized spacial score (nSPS) is 12.0. The van der Waals surface area contributed by atoms with Crippen LogP contribution in [0.3, 0.4) is 0 Å². The summed E-state index contributed by atoms with van der Waals surface area (Å²) in [6.07, 6.45) is 0. The van der Waals surface area contributed by atoms with Crippen LogP contribution in [-0.2, 0) is 6.54 Å². The van der Waals surface area contributed by atoms with Gasteiger partial charge in [0.05, 0.1) is 12.1 Å². The zero-order valence-electron chi connectivity index (χ0n) is 13.5. The summed E-state index contributed by atoms with van der Waals surface area (Å²) in [6, 6.07) is 9.33. The first-order valence-corrected chi connectivity index (χ1v) is 7.80. The molecular weight excluding hydrogens is 338 g/mol. The molecule has 3 rings (SSSR count). The zero-order valence-corrected chi connectivity index (χ0v) is 14.3. The first-order chi connectivity index (χ1) is 12.0. The zero-order chi connectivity index (χ0) is 18.1. The molecular formula is C18H12ClN5O. The molecule has 1 aromatic carbocycles. The second-order valence-corrected chi connectivity index (χ2v) is 5.95. The van der Waals surface area contributed by atoms with Crippen molar-refractivity contribution in [1.29, 1.82) is 10.5 Å². The lowest BCUT2D eigenvalue weighted by atomic mass is 10.0.